The molecular formula is C17H30O12. The van der Waals surface area contributed by atoms with Crippen molar-refractivity contribution in [2.75, 3.05) is 19.8 Å². The van der Waals surface area contributed by atoms with Gasteiger partial charge in [-0.2, -0.15) is 0 Å². The summed E-state index contributed by atoms with van der Waals surface area (Å²) in [6.45, 7) is 4.80. The average Bonchev–Trinajstić information content (AvgIpc) is 2.52. The summed E-state index contributed by atoms with van der Waals surface area (Å²) < 4.78 is 0. The number of ketones is 3. The highest BCUT2D eigenvalue weighted by Crippen LogP contribution is 2.10. The average molecular weight is 426 g/mol. The first-order chi connectivity index (χ1) is 13.1. The molecule has 0 heterocycles. The molecule has 0 saturated carbocycles. The summed E-state index contributed by atoms with van der Waals surface area (Å²) in [7, 11) is 0. The van der Waals surface area contributed by atoms with Crippen molar-refractivity contribution in [2.24, 2.45) is 5.41 Å². The summed E-state index contributed by atoms with van der Waals surface area (Å²) >= 11 is 0. The lowest BCUT2D eigenvalue weighted by Crippen LogP contribution is -2.29. The first-order valence-corrected chi connectivity index (χ1v) is 8.03. The molecule has 0 unspecified atom stereocenters. The molecule has 0 bridgehead atoms. The van der Waals surface area contributed by atoms with Crippen LogP contribution in [0.25, 0.3) is 0 Å². The number of carboxylic acid groups (broad SMARTS) is 3. The van der Waals surface area contributed by atoms with Crippen LogP contribution < -0.4 is 0 Å². The predicted molar refractivity (Wildman–Crippen MR) is 98.2 cm³/mol. The number of carbonyl (C=O) groups is 6. The minimum atomic E-state index is -1.06. The Morgan fingerprint density at radius 1 is 0.552 bits per heavy atom. The Labute approximate surface area is 167 Å². The van der Waals surface area contributed by atoms with E-state index < -0.39 is 23.3 Å². The molecule has 0 amide bonds. The molecule has 12 nitrogen and oxygen atoms in total. The lowest BCUT2D eigenvalue weighted by atomic mass is 9.95. The van der Waals surface area contributed by atoms with Gasteiger partial charge in [-0.3, -0.25) is 28.8 Å². The Morgan fingerprint density at radius 3 is 0.724 bits per heavy atom. The Kier molecular flexibility index (Phi) is 23.4. The second kappa shape index (κ2) is 20.0. The summed E-state index contributed by atoms with van der Waals surface area (Å²) in [5.41, 5.74) is -0.708. The van der Waals surface area contributed by atoms with Crippen molar-refractivity contribution in [3.05, 3.63) is 0 Å². The summed E-state index contributed by atoms with van der Waals surface area (Å²) in [5, 5.41) is 49.0. The minimum absolute atomic E-state index is 0.181. The van der Waals surface area contributed by atoms with E-state index in [1.165, 1.54) is 20.8 Å². The zero-order valence-corrected chi connectivity index (χ0v) is 16.9. The molecule has 0 aromatic rings. The van der Waals surface area contributed by atoms with Gasteiger partial charge in [-0.1, -0.05) is 6.92 Å². The van der Waals surface area contributed by atoms with Crippen molar-refractivity contribution < 1.29 is 59.4 Å². The fraction of sp³-hybridized carbons (Fsp3) is 0.647. The summed E-state index contributed by atoms with van der Waals surface area (Å²) in [6, 6.07) is 0. The molecule has 0 atom stereocenters. The number of hydrogen-bond acceptors (Lipinski definition) is 9. The molecule has 0 saturated heterocycles. The van der Waals surface area contributed by atoms with Crippen LogP contribution in [0.4, 0.5) is 0 Å². The number of aliphatic hydroxyl groups is 3. The van der Waals surface area contributed by atoms with E-state index in [-0.39, 0.29) is 56.4 Å². The number of aliphatic carboxylic acids is 3. The van der Waals surface area contributed by atoms with Crippen LogP contribution >= 0.6 is 0 Å². The second-order valence-electron chi connectivity index (χ2n) is 6.10. The fourth-order valence-electron chi connectivity index (χ4n) is 0.789. The van der Waals surface area contributed by atoms with E-state index in [1.54, 1.807) is 6.92 Å². The molecule has 170 valence electrons. The van der Waals surface area contributed by atoms with Crippen LogP contribution in [0.5, 0.6) is 0 Å². The number of carboxylic acids is 3. The third-order valence-electron chi connectivity index (χ3n) is 2.35. The number of hydrogen-bond donors (Lipinski definition) is 6. The normalized spacial score (nSPS) is 9.21. The highest BCUT2D eigenvalue weighted by molar-refractivity contribution is 5.93. The quantitative estimate of drug-likeness (QED) is 0.247. The van der Waals surface area contributed by atoms with Gasteiger partial charge in [-0.05, 0) is 20.8 Å². The van der Waals surface area contributed by atoms with Gasteiger partial charge in [0, 0.05) is 5.41 Å². The molecule has 0 radical (unpaired) electrons. The second-order valence-corrected chi connectivity index (χ2v) is 6.10. The van der Waals surface area contributed by atoms with Crippen LogP contribution in [0, 0.1) is 5.41 Å². The zero-order chi connectivity index (χ0) is 24.2. The van der Waals surface area contributed by atoms with Crippen molar-refractivity contribution in [3.63, 3.8) is 0 Å². The molecule has 0 aromatic heterocycles. The number of carbonyl (C=O) groups excluding carboxylic acids is 3. The van der Waals surface area contributed by atoms with E-state index in [1.807, 2.05) is 0 Å². The predicted octanol–water partition coefficient (Wildman–Crippen LogP) is -0.880. The molecule has 0 fully saturated rings. The highest BCUT2D eigenvalue weighted by atomic mass is 16.4. The van der Waals surface area contributed by atoms with Gasteiger partial charge in [0.05, 0.1) is 19.8 Å². The van der Waals surface area contributed by atoms with E-state index >= 15 is 0 Å². The number of aliphatic hydroxyl groups excluding tert-OH is 3. The summed E-state index contributed by atoms with van der Waals surface area (Å²) in [4.78, 5) is 58.4. The van der Waals surface area contributed by atoms with Crippen molar-refractivity contribution >= 4 is 35.3 Å². The van der Waals surface area contributed by atoms with E-state index in [9.17, 15) is 28.8 Å². The maximum atomic E-state index is 9.87. The monoisotopic (exact) mass is 426 g/mol. The van der Waals surface area contributed by atoms with Crippen molar-refractivity contribution in [1.82, 2.24) is 0 Å². The molecule has 0 spiro atoms. The third-order valence-corrected chi connectivity index (χ3v) is 2.35. The molecule has 0 aromatic carbocycles. The van der Waals surface area contributed by atoms with Gasteiger partial charge >= 0.3 is 17.9 Å². The molecular weight excluding hydrogens is 396 g/mol. The standard InChI is InChI=1S/C5H12O3.3C4H6O3/c1-5(2-6,3-7)4-8;3*1-3(5)2-4(6)7/h6-8H,2-4H2,1H3;3*2H2,1H3,(H,6,7). The molecule has 0 aliphatic carbocycles. The largest absolute Gasteiger partial charge is 0.481 e. The lowest BCUT2D eigenvalue weighted by Gasteiger charge is -2.20. The van der Waals surface area contributed by atoms with Gasteiger partial charge in [0.15, 0.2) is 0 Å². The first kappa shape index (κ1) is 33.9. The van der Waals surface area contributed by atoms with Crippen LogP contribution in [-0.2, 0) is 28.8 Å². The van der Waals surface area contributed by atoms with Gasteiger partial charge in [-0.15, -0.1) is 0 Å². The van der Waals surface area contributed by atoms with Gasteiger partial charge < -0.3 is 30.6 Å². The van der Waals surface area contributed by atoms with Gasteiger partial charge in [0.2, 0.25) is 0 Å². The van der Waals surface area contributed by atoms with E-state index in [4.69, 9.17) is 30.6 Å². The Hall–Kier alpha value is -2.70. The van der Waals surface area contributed by atoms with Gasteiger partial charge in [-0.25, -0.2) is 0 Å². The zero-order valence-electron chi connectivity index (χ0n) is 16.9. The molecule has 12 heteroatoms. The number of Topliss-reactive ketones (excluding diaryl/α,β-unsaturated/α-hetero) is 3. The van der Waals surface area contributed by atoms with Crippen LogP contribution in [0.15, 0.2) is 0 Å². The lowest BCUT2D eigenvalue weighted by molar-refractivity contribution is -0.141. The first-order valence-electron chi connectivity index (χ1n) is 8.03. The van der Waals surface area contributed by atoms with Crippen LogP contribution in [0.1, 0.15) is 47.0 Å². The third kappa shape index (κ3) is 41.0. The van der Waals surface area contributed by atoms with Crippen molar-refractivity contribution in [1.29, 1.82) is 0 Å². The molecule has 0 aliphatic heterocycles. The van der Waals surface area contributed by atoms with Crippen molar-refractivity contribution in [3.8, 4) is 0 Å². The van der Waals surface area contributed by atoms with Gasteiger partial charge in [0.25, 0.3) is 0 Å². The molecule has 29 heavy (non-hydrogen) atoms. The molecule has 0 aliphatic rings. The van der Waals surface area contributed by atoms with E-state index in [0.717, 1.165) is 0 Å². The Morgan fingerprint density at radius 2 is 0.724 bits per heavy atom. The van der Waals surface area contributed by atoms with Crippen molar-refractivity contribution in [2.45, 2.75) is 47.0 Å². The maximum absolute atomic E-state index is 9.87. The SMILES string of the molecule is CC(=O)CC(=O)O.CC(=O)CC(=O)O.CC(=O)CC(=O)O.CC(CO)(CO)CO. The number of rotatable bonds is 9. The van der Waals surface area contributed by atoms with Crippen LogP contribution in [0.2, 0.25) is 0 Å². The topological polar surface area (TPSA) is 224 Å². The summed E-state index contributed by atoms with van der Waals surface area (Å²) in [6.07, 6.45) is -1.08. The minimum Gasteiger partial charge on any atom is -0.481 e. The molecule has 6 N–H and O–H groups in total. The van der Waals surface area contributed by atoms with Crippen LogP contribution in [0.3, 0.4) is 0 Å². The molecule has 0 rings (SSSR count). The van der Waals surface area contributed by atoms with E-state index in [2.05, 4.69) is 0 Å². The smallest absolute Gasteiger partial charge is 0.310 e. The van der Waals surface area contributed by atoms with Crippen LogP contribution in [-0.4, -0.2) is 85.7 Å². The van der Waals surface area contributed by atoms with Gasteiger partial charge in [0.1, 0.15) is 36.6 Å². The highest BCUT2D eigenvalue weighted by Gasteiger charge is 2.20. The fourth-order valence-corrected chi connectivity index (χ4v) is 0.789. The van der Waals surface area contributed by atoms with E-state index in [0.29, 0.717) is 0 Å². The summed E-state index contributed by atoms with van der Waals surface area (Å²) in [5.74, 6) is -4.12. The maximum Gasteiger partial charge on any atom is 0.310 e. The Balaban J connectivity index is -0.000000144. The Bertz CT molecular complexity index is 428.